The lowest BCUT2D eigenvalue weighted by Gasteiger charge is -2.19. The molecule has 0 aliphatic carbocycles. The highest BCUT2D eigenvalue weighted by Gasteiger charge is 2.27. The fraction of sp³-hybridized carbons (Fsp3) is 0.417. The van der Waals surface area contributed by atoms with Gasteiger partial charge in [0, 0.05) is 5.69 Å². The van der Waals surface area contributed by atoms with Crippen molar-refractivity contribution < 1.29 is 19.2 Å². The molecule has 1 aromatic carbocycles. The largest absolute Gasteiger partial charge is 0.491 e. The number of ether oxygens (including phenoxy) is 1. The Morgan fingerprint density at radius 3 is 2.89 bits per heavy atom. The predicted molar refractivity (Wildman–Crippen MR) is 68.7 cm³/mol. The maximum absolute atomic E-state index is 11.6. The first-order chi connectivity index (χ1) is 8.35. The summed E-state index contributed by atoms with van der Waals surface area (Å²) in [4.78, 5) is 11.6. The van der Waals surface area contributed by atoms with Gasteiger partial charge in [-0.05, 0) is 43.9 Å². The average Bonchev–Trinajstić information content (AvgIpc) is 2.57. The molecular formula is C12H16BNO4. The van der Waals surface area contributed by atoms with Crippen molar-refractivity contribution in [2.75, 3.05) is 5.32 Å². The number of carbonyl (C=O) groups is 1. The summed E-state index contributed by atoms with van der Waals surface area (Å²) in [5.74, 6) is 0. The van der Waals surface area contributed by atoms with Crippen molar-refractivity contribution in [2.45, 2.75) is 33.0 Å². The number of hydrogen-bond acceptors (Lipinski definition) is 4. The monoisotopic (exact) mass is 249 g/mol. The van der Waals surface area contributed by atoms with Crippen LogP contribution < -0.4 is 10.8 Å². The minimum atomic E-state index is -0.916. The number of hydrogen-bond donors (Lipinski definition) is 2. The molecule has 0 radical (unpaired) electrons. The Labute approximate surface area is 106 Å². The lowest BCUT2D eigenvalue weighted by molar-refractivity contribution is 0.0636. The molecule has 0 saturated heterocycles. The van der Waals surface area contributed by atoms with Crippen LogP contribution in [0.2, 0.25) is 0 Å². The van der Waals surface area contributed by atoms with E-state index in [0.717, 1.165) is 5.56 Å². The first kappa shape index (κ1) is 12.9. The van der Waals surface area contributed by atoms with Gasteiger partial charge in [-0.3, -0.25) is 5.32 Å². The van der Waals surface area contributed by atoms with E-state index < -0.39 is 18.8 Å². The van der Waals surface area contributed by atoms with Crippen LogP contribution in [0.25, 0.3) is 0 Å². The number of anilines is 1. The summed E-state index contributed by atoms with van der Waals surface area (Å²) in [5, 5.41) is 12.2. The molecule has 1 aliphatic rings. The van der Waals surface area contributed by atoms with E-state index in [9.17, 15) is 9.82 Å². The van der Waals surface area contributed by atoms with Gasteiger partial charge in [0.25, 0.3) is 0 Å². The Hall–Kier alpha value is -1.53. The molecule has 0 spiro atoms. The van der Waals surface area contributed by atoms with Gasteiger partial charge in [-0.2, -0.15) is 0 Å². The average molecular weight is 249 g/mol. The first-order valence-electron chi connectivity index (χ1n) is 5.78. The van der Waals surface area contributed by atoms with E-state index >= 15 is 0 Å². The fourth-order valence-electron chi connectivity index (χ4n) is 1.71. The van der Waals surface area contributed by atoms with Gasteiger partial charge in [-0.1, -0.05) is 6.07 Å². The van der Waals surface area contributed by atoms with Crippen LogP contribution in [0.4, 0.5) is 10.5 Å². The summed E-state index contributed by atoms with van der Waals surface area (Å²) >= 11 is 0. The zero-order valence-electron chi connectivity index (χ0n) is 10.7. The molecule has 0 aromatic heterocycles. The summed E-state index contributed by atoms with van der Waals surface area (Å²) in [5.41, 5.74) is 1.65. The third kappa shape index (κ3) is 3.03. The molecular weight excluding hydrogens is 233 g/mol. The van der Waals surface area contributed by atoms with E-state index in [1.165, 1.54) is 0 Å². The van der Waals surface area contributed by atoms with Gasteiger partial charge in [-0.25, -0.2) is 4.79 Å². The molecule has 2 N–H and O–H groups in total. The standard InChI is InChI=1S/C12H16BNO4/c1-12(2,3)18-11(15)14-9-5-4-8-7-17-13(16)10(8)6-9/h4-6,16H,7H2,1-3H3,(H,14,15). The van der Waals surface area contributed by atoms with Crippen LogP contribution in [0.1, 0.15) is 26.3 Å². The Balaban J connectivity index is 2.07. The molecule has 96 valence electrons. The van der Waals surface area contributed by atoms with Crippen molar-refractivity contribution in [1.29, 1.82) is 0 Å². The van der Waals surface area contributed by atoms with Gasteiger partial charge < -0.3 is 14.4 Å². The molecule has 0 unspecified atom stereocenters. The molecule has 1 amide bonds. The quantitative estimate of drug-likeness (QED) is 0.735. The van der Waals surface area contributed by atoms with Gasteiger partial charge in [-0.15, -0.1) is 0 Å². The van der Waals surface area contributed by atoms with E-state index in [-0.39, 0.29) is 0 Å². The van der Waals surface area contributed by atoms with Crippen molar-refractivity contribution in [2.24, 2.45) is 0 Å². The number of amides is 1. The third-order valence-corrected chi connectivity index (χ3v) is 2.45. The molecule has 1 aromatic rings. The minimum absolute atomic E-state index is 0.392. The van der Waals surface area contributed by atoms with Crippen molar-refractivity contribution in [3.8, 4) is 0 Å². The molecule has 6 heteroatoms. The topological polar surface area (TPSA) is 67.8 Å². The van der Waals surface area contributed by atoms with Gasteiger partial charge >= 0.3 is 13.2 Å². The van der Waals surface area contributed by atoms with Gasteiger partial charge in [0.15, 0.2) is 0 Å². The van der Waals surface area contributed by atoms with Crippen molar-refractivity contribution >= 4 is 24.4 Å². The fourth-order valence-corrected chi connectivity index (χ4v) is 1.71. The molecule has 5 nitrogen and oxygen atoms in total. The smallest absolute Gasteiger partial charge is 0.444 e. The maximum Gasteiger partial charge on any atom is 0.491 e. The van der Waals surface area contributed by atoms with Crippen LogP contribution in [0, 0.1) is 0 Å². The van der Waals surface area contributed by atoms with Crippen LogP contribution in [-0.2, 0) is 16.0 Å². The van der Waals surface area contributed by atoms with Crippen molar-refractivity contribution in [1.82, 2.24) is 0 Å². The zero-order chi connectivity index (χ0) is 13.3. The second-order valence-electron chi connectivity index (χ2n) is 5.20. The third-order valence-electron chi connectivity index (χ3n) is 2.45. The maximum atomic E-state index is 11.6. The highest BCUT2D eigenvalue weighted by molar-refractivity contribution is 6.61. The summed E-state index contributed by atoms with van der Waals surface area (Å²) in [6, 6.07) is 5.26. The van der Waals surface area contributed by atoms with E-state index in [1.807, 2.05) is 6.07 Å². The van der Waals surface area contributed by atoms with Crippen LogP contribution >= 0.6 is 0 Å². The van der Waals surface area contributed by atoms with Gasteiger partial charge in [0.2, 0.25) is 0 Å². The van der Waals surface area contributed by atoms with Crippen molar-refractivity contribution in [3.05, 3.63) is 23.8 Å². The van der Waals surface area contributed by atoms with Gasteiger partial charge in [0.05, 0.1) is 6.61 Å². The Kier molecular flexibility index (Phi) is 3.32. The molecule has 1 aliphatic heterocycles. The molecule has 0 bridgehead atoms. The zero-order valence-corrected chi connectivity index (χ0v) is 10.7. The van der Waals surface area contributed by atoms with Crippen LogP contribution in [-0.4, -0.2) is 23.8 Å². The first-order valence-corrected chi connectivity index (χ1v) is 5.78. The van der Waals surface area contributed by atoms with Crippen LogP contribution in [0.3, 0.4) is 0 Å². The highest BCUT2D eigenvalue weighted by Crippen LogP contribution is 2.15. The molecule has 0 atom stereocenters. The number of fused-ring (bicyclic) bond motifs is 1. The Morgan fingerprint density at radius 2 is 2.22 bits per heavy atom. The number of carbonyl (C=O) groups excluding carboxylic acids is 1. The summed E-state index contributed by atoms with van der Waals surface area (Å²) < 4.78 is 10.2. The number of rotatable bonds is 1. The summed E-state index contributed by atoms with van der Waals surface area (Å²) in [6.45, 7) is 5.79. The Morgan fingerprint density at radius 1 is 1.50 bits per heavy atom. The molecule has 0 fully saturated rings. The van der Waals surface area contributed by atoms with E-state index in [2.05, 4.69) is 5.32 Å². The molecule has 1 heterocycles. The molecule has 2 rings (SSSR count). The van der Waals surface area contributed by atoms with E-state index in [4.69, 9.17) is 9.39 Å². The molecule has 18 heavy (non-hydrogen) atoms. The normalized spacial score (nSPS) is 14.3. The lowest BCUT2D eigenvalue weighted by Crippen LogP contribution is -2.30. The second kappa shape index (κ2) is 4.63. The van der Waals surface area contributed by atoms with E-state index in [1.54, 1.807) is 32.9 Å². The predicted octanol–water partition coefficient (Wildman–Crippen LogP) is 1.25. The highest BCUT2D eigenvalue weighted by atomic mass is 16.6. The Bertz CT molecular complexity index is 470. The van der Waals surface area contributed by atoms with Gasteiger partial charge in [0.1, 0.15) is 5.60 Å². The SMILES string of the molecule is CC(C)(C)OC(=O)Nc1ccc2c(c1)B(O)OC2. The van der Waals surface area contributed by atoms with Crippen LogP contribution in [0.15, 0.2) is 18.2 Å². The minimum Gasteiger partial charge on any atom is -0.444 e. The van der Waals surface area contributed by atoms with Crippen LogP contribution in [0.5, 0.6) is 0 Å². The number of benzene rings is 1. The second-order valence-corrected chi connectivity index (χ2v) is 5.20. The van der Waals surface area contributed by atoms with E-state index in [0.29, 0.717) is 17.8 Å². The van der Waals surface area contributed by atoms with Crippen molar-refractivity contribution in [3.63, 3.8) is 0 Å². The lowest BCUT2D eigenvalue weighted by atomic mass is 9.79. The molecule has 0 saturated carbocycles. The number of nitrogens with one attached hydrogen (secondary N) is 1. The summed E-state index contributed by atoms with van der Waals surface area (Å²) in [6.07, 6.45) is -0.518. The summed E-state index contributed by atoms with van der Waals surface area (Å²) in [7, 11) is -0.916.